The average molecular weight is 368 g/mol. The number of carbonyl (C=O) groups is 1. The minimum Gasteiger partial charge on any atom is -0.382 e. The highest BCUT2D eigenvalue weighted by molar-refractivity contribution is 6.00. The number of ether oxygens (including phenoxy) is 1. The van der Waals surface area contributed by atoms with E-state index in [0.29, 0.717) is 60.2 Å². The van der Waals surface area contributed by atoms with Gasteiger partial charge in [-0.3, -0.25) is 4.79 Å². The highest BCUT2D eigenvalue weighted by Gasteiger charge is 2.27. The number of halogens is 1. The number of benzene rings is 1. The molecule has 1 fully saturated rings. The molecule has 140 valence electrons. The zero-order chi connectivity index (χ0) is 19.1. The average Bonchev–Trinajstić information content (AvgIpc) is 3.06. The van der Waals surface area contributed by atoms with Gasteiger partial charge in [0.2, 0.25) is 0 Å². The molecule has 2 N–H and O–H groups in total. The first-order chi connectivity index (χ1) is 13.0. The number of rotatable bonds is 2. The van der Waals surface area contributed by atoms with Gasteiger partial charge in [0.25, 0.3) is 5.91 Å². The summed E-state index contributed by atoms with van der Waals surface area (Å²) in [5.74, 6) is -0.203. The summed E-state index contributed by atoms with van der Waals surface area (Å²) in [6.07, 6.45) is 0. The van der Waals surface area contributed by atoms with Crippen LogP contribution in [0.2, 0.25) is 0 Å². The van der Waals surface area contributed by atoms with Crippen molar-refractivity contribution in [3.05, 3.63) is 53.1 Å². The van der Waals surface area contributed by atoms with E-state index in [0.717, 1.165) is 5.69 Å². The fourth-order valence-corrected chi connectivity index (χ4v) is 3.43. The van der Waals surface area contributed by atoms with Crippen LogP contribution in [-0.4, -0.2) is 46.5 Å². The van der Waals surface area contributed by atoms with E-state index in [1.165, 1.54) is 6.07 Å². The number of aryl methyl sites for hydroxylation is 2. The monoisotopic (exact) mass is 368 g/mol. The standard InChI is InChI=1S/C20H21FN4O2/c1-12-3-5-14(11-15(12)21)17-18(20(26)24-7-9-27-10-8-24)25-13(2)4-6-16(25)19(22)23-17/h3-6,11H,7-10H2,1-2H3,(H2,22,23). The minimum atomic E-state index is -0.345. The van der Waals surface area contributed by atoms with Gasteiger partial charge in [0.05, 0.1) is 18.7 Å². The van der Waals surface area contributed by atoms with Crippen LogP contribution in [-0.2, 0) is 4.74 Å². The number of morpholine rings is 1. The lowest BCUT2D eigenvalue weighted by Crippen LogP contribution is -2.41. The number of nitrogens with zero attached hydrogens (tertiary/aromatic N) is 3. The molecule has 1 amide bonds. The Bertz CT molecular complexity index is 1040. The first-order valence-electron chi connectivity index (χ1n) is 8.88. The molecule has 1 aliphatic heterocycles. The molecule has 3 heterocycles. The third-order valence-electron chi connectivity index (χ3n) is 4.96. The second-order valence-corrected chi connectivity index (χ2v) is 6.76. The molecular weight excluding hydrogens is 347 g/mol. The van der Waals surface area contributed by atoms with Gasteiger partial charge in [-0.05, 0) is 37.6 Å². The molecule has 3 aromatic rings. The molecule has 0 atom stereocenters. The van der Waals surface area contributed by atoms with Gasteiger partial charge in [-0.2, -0.15) is 0 Å². The zero-order valence-corrected chi connectivity index (χ0v) is 15.3. The second kappa shape index (κ2) is 6.66. The number of amides is 1. The third-order valence-corrected chi connectivity index (χ3v) is 4.96. The Kier molecular flexibility index (Phi) is 4.31. The first kappa shape index (κ1) is 17.5. The number of hydrogen-bond donors (Lipinski definition) is 1. The highest BCUT2D eigenvalue weighted by Crippen LogP contribution is 2.30. The summed E-state index contributed by atoms with van der Waals surface area (Å²) in [6, 6.07) is 8.58. The number of aromatic nitrogens is 2. The normalized spacial score (nSPS) is 14.7. The van der Waals surface area contributed by atoms with E-state index in [4.69, 9.17) is 10.5 Å². The van der Waals surface area contributed by atoms with Gasteiger partial charge in [0.1, 0.15) is 23.0 Å². The van der Waals surface area contributed by atoms with Crippen LogP contribution >= 0.6 is 0 Å². The summed E-state index contributed by atoms with van der Waals surface area (Å²) in [4.78, 5) is 19.6. The maximum absolute atomic E-state index is 14.2. The summed E-state index contributed by atoms with van der Waals surface area (Å²) < 4.78 is 21.4. The van der Waals surface area contributed by atoms with Crippen molar-refractivity contribution in [2.75, 3.05) is 32.0 Å². The Balaban J connectivity index is 1.98. The van der Waals surface area contributed by atoms with E-state index in [9.17, 15) is 9.18 Å². The molecule has 1 saturated heterocycles. The van der Waals surface area contributed by atoms with Crippen molar-refractivity contribution in [2.24, 2.45) is 0 Å². The van der Waals surface area contributed by atoms with E-state index in [1.807, 2.05) is 23.5 Å². The SMILES string of the molecule is Cc1ccc(-c2nc(N)c3ccc(C)n3c2C(=O)N2CCOCC2)cc1F. The number of carbonyl (C=O) groups excluding carboxylic acids is 1. The maximum atomic E-state index is 14.2. The van der Waals surface area contributed by atoms with Crippen LogP contribution in [0.25, 0.3) is 16.8 Å². The number of nitrogens with two attached hydrogens (primary N) is 1. The summed E-state index contributed by atoms with van der Waals surface area (Å²) in [6.45, 7) is 5.61. The number of fused-ring (bicyclic) bond motifs is 1. The predicted molar refractivity (Wildman–Crippen MR) is 101 cm³/mol. The zero-order valence-electron chi connectivity index (χ0n) is 15.3. The third kappa shape index (κ3) is 2.94. The number of hydrogen-bond acceptors (Lipinski definition) is 4. The molecular formula is C20H21FN4O2. The van der Waals surface area contributed by atoms with Crippen molar-refractivity contribution in [1.29, 1.82) is 0 Å². The van der Waals surface area contributed by atoms with Crippen molar-refractivity contribution in [1.82, 2.24) is 14.3 Å². The van der Waals surface area contributed by atoms with Crippen molar-refractivity contribution in [2.45, 2.75) is 13.8 Å². The fourth-order valence-electron chi connectivity index (χ4n) is 3.43. The molecule has 0 aliphatic carbocycles. The molecule has 0 bridgehead atoms. The molecule has 0 radical (unpaired) electrons. The van der Waals surface area contributed by atoms with Crippen LogP contribution in [0.4, 0.5) is 10.2 Å². The van der Waals surface area contributed by atoms with Crippen LogP contribution in [0.15, 0.2) is 30.3 Å². The smallest absolute Gasteiger partial charge is 0.273 e. The Morgan fingerprint density at radius 2 is 1.93 bits per heavy atom. The van der Waals surface area contributed by atoms with Gasteiger partial charge in [-0.1, -0.05) is 12.1 Å². The van der Waals surface area contributed by atoms with Gasteiger partial charge in [-0.15, -0.1) is 0 Å². The maximum Gasteiger partial charge on any atom is 0.273 e. The van der Waals surface area contributed by atoms with Crippen LogP contribution in [0, 0.1) is 19.7 Å². The molecule has 6 nitrogen and oxygen atoms in total. The van der Waals surface area contributed by atoms with Crippen LogP contribution in [0.3, 0.4) is 0 Å². The quantitative estimate of drug-likeness (QED) is 0.755. The van der Waals surface area contributed by atoms with Gasteiger partial charge in [-0.25, -0.2) is 9.37 Å². The van der Waals surface area contributed by atoms with Crippen molar-refractivity contribution in [3.63, 3.8) is 0 Å². The molecule has 1 aromatic carbocycles. The van der Waals surface area contributed by atoms with Gasteiger partial charge in [0.15, 0.2) is 0 Å². The Labute approximate surface area is 156 Å². The predicted octanol–water partition coefficient (Wildman–Crippen LogP) is 2.81. The largest absolute Gasteiger partial charge is 0.382 e. The molecule has 1 aliphatic rings. The Hall–Kier alpha value is -2.93. The van der Waals surface area contributed by atoms with Gasteiger partial charge >= 0.3 is 0 Å². The van der Waals surface area contributed by atoms with Crippen molar-refractivity contribution < 1.29 is 13.9 Å². The topological polar surface area (TPSA) is 72.9 Å². The van der Waals surface area contributed by atoms with Crippen molar-refractivity contribution in [3.8, 4) is 11.3 Å². The van der Waals surface area contributed by atoms with Gasteiger partial charge in [0, 0.05) is 24.3 Å². The Morgan fingerprint density at radius 1 is 1.19 bits per heavy atom. The van der Waals surface area contributed by atoms with E-state index in [2.05, 4.69) is 4.98 Å². The molecule has 2 aromatic heterocycles. The molecule has 0 unspecified atom stereocenters. The molecule has 7 heteroatoms. The second-order valence-electron chi connectivity index (χ2n) is 6.76. The lowest BCUT2D eigenvalue weighted by Gasteiger charge is -2.28. The first-order valence-corrected chi connectivity index (χ1v) is 8.88. The van der Waals surface area contributed by atoms with E-state index in [-0.39, 0.29) is 11.7 Å². The molecule has 4 rings (SSSR count). The van der Waals surface area contributed by atoms with Crippen LogP contribution in [0.5, 0.6) is 0 Å². The summed E-state index contributed by atoms with van der Waals surface area (Å²) in [7, 11) is 0. The van der Waals surface area contributed by atoms with Crippen LogP contribution < -0.4 is 5.73 Å². The van der Waals surface area contributed by atoms with E-state index < -0.39 is 0 Å². The lowest BCUT2D eigenvalue weighted by molar-refractivity contribution is 0.0298. The molecule has 27 heavy (non-hydrogen) atoms. The minimum absolute atomic E-state index is 0.161. The molecule has 0 saturated carbocycles. The van der Waals surface area contributed by atoms with E-state index >= 15 is 0 Å². The summed E-state index contributed by atoms with van der Waals surface area (Å²) >= 11 is 0. The van der Waals surface area contributed by atoms with Crippen molar-refractivity contribution >= 4 is 17.2 Å². The van der Waals surface area contributed by atoms with Crippen LogP contribution in [0.1, 0.15) is 21.7 Å². The fraction of sp³-hybridized carbons (Fsp3) is 0.300. The lowest BCUT2D eigenvalue weighted by atomic mass is 10.1. The summed E-state index contributed by atoms with van der Waals surface area (Å²) in [5.41, 5.74) is 9.52. The van der Waals surface area contributed by atoms with Gasteiger partial charge < -0.3 is 19.8 Å². The summed E-state index contributed by atoms with van der Waals surface area (Å²) in [5, 5.41) is 0. The number of anilines is 1. The highest BCUT2D eigenvalue weighted by atomic mass is 19.1. The number of nitrogen functional groups attached to an aromatic ring is 1. The Morgan fingerprint density at radius 3 is 2.63 bits per heavy atom. The van der Waals surface area contributed by atoms with E-state index in [1.54, 1.807) is 24.0 Å². The molecule has 0 spiro atoms.